The molecule has 0 bridgehead atoms. The van der Waals surface area contributed by atoms with Crippen LogP contribution >= 0.6 is 0 Å². The van der Waals surface area contributed by atoms with Crippen molar-refractivity contribution in [3.8, 4) is 0 Å². The van der Waals surface area contributed by atoms with Crippen LogP contribution in [0.25, 0.3) is 10.8 Å². The van der Waals surface area contributed by atoms with Crippen molar-refractivity contribution in [2.75, 3.05) is 25.5 Å². The van der Waals surface area contributed by atoms with Crippen LogP contribution in [0.1, 0.15) is 39.7 Å². The van der Waals surface area contributed by atoms with Crippen molar-refractivity contribution >= 4 is 22.2 Å². The van der Waals surface area contributed by atoms with E-state index in [1.54, 1.807) is 0 Å². The largest absolute Gasteiger partial charge is 0.347 e. The summed E-state index contributed by atoms with van der Waals surface area (Å²) in [6.07, 6.45) is 8.07. The molecule has 3 heteroatoms. The van der Waals surface area contributed by atoms with E-state index >= 15 is 0 Å². The number of likely N-dealkylation sites (N-methyl/N-ethyl adjacent to an activating group) is 1. The van der Waals surface area contributed by atoms with Gasteiger partial charge in [0.25, 0.3) is 0 Å². The van der Waals surface area contributed by atoms with Gasteiger partial charge in [-0.15, -0.1) is 16.8 Å². The minimum absolute atomic E-state index is 0. The second kappa shape index (κ2) is 7.54. The van der Waals surface area contributed by atoms with E-state index < -0.39 is 0 Å². The van der Waals surface area contributed by atoms with E-state index in [9.17, 15) is 0 Å². The van der Waals surface area contributed by atoms with Crippen LogP contribution in [0.15, 0.2) is 54.3 Å². The third kappa shape index (κ3) is 3.33. The molecule has 0 N–H and O–H groups in total. The van der Waals surface area contributed by atoms with E-state index in [-0.39, 0.29) is 43.5 Å². The van der Waals surface area contributed by atoms with Gasteiger partial charge in [0.05, 0.1) is 5.41 Å². The van der Waals surface area contributed by atoms with Crippen LogP contribution in [0, 0.1) is 11.5 Å². The van der Waals surface area contributed by atoms with E-state index in [1.165, 1.54) is 39.9 Å². The maximum atomic E-state index is 3.21. The van der Waals surface area contributed by atoms with Crippen molar-refractivity contribution in [3.05, 3.63) is 65.9 Å². The first-order valence-corrected chi connectivity index (χ1v) is 9.88. The molecule has 0 saturated heterocycles. The molecule has 0 amide bonds. The molecular weight excluding hydrogens is 417 g/mol. The maximum Gasteiger partial charge on any atom is 0.181 e. The van der Waals surface area contributed by atoms with Gasteiger partial charge < -0.3 is 4.90 Å². The number of hydrogen-bond acceptors (Lipinski definition) is 1. The zero-order valence-electron chi connectivity index (χ0n) is 18.0. The Morgan fingerprint density at radius 1 is 1.14 bits per heavy atom. The third-order valence-corrected chi connectivity index (χ3v) is 6.52. The molecule has 28 heavy (non-hydrogen) atoms. The quantitative estimate of drug-likeness (QED) is 0.446. The summed E-state index contributed by atoms with van der Waals surface area (Å²) in [5, 5.41) is 2.60. The van der Waals surface area contributed by atoms with E-state index in [1.807, 2.05) is 6.07 Å². The topological polar surface area (TPSA) is 6.25 Å². The van der Waals surface area contributed by atoms with Gasteiger partial charge in [0.1, 0.15) is 13.6 Å². The van der Waals surface area contributed by atoms with Crippen LogP contribution < -0.4 is 4.90 Å². The summed E-state index contributed by atoms with van der Waals surface area (Å²) in [5.41, 5.74) is 5.73. The van der Waals surface area contributed by atoms with E-state index in [0.29, 0.717) is 0 Å². The van der Waals surface area contributed by atoms with Crippen LogP contribution in [0.2, 0.25) is 0 Å². The molecule has 2 aliphatic rings. The molecule has 0 aromatic heterocycles. The Balaban J connectivity index is 0.00000225. The summed E-state index contributed by atoms with van der Waals surface area (Å²) < 4.78 is 2.39. The van der Waals surface area contributed by atoms with Gasteiger partial charge in [0.15, 0.2) is 5.71 Å². The predicted octanol–water partition coefficient (Wildman–Crippen LogP) is 5.32. The van der Waals surface area contributed by atoms with Crippen molar-refractivity contribution in [1.82, 2.24) is 0 Å². The Morgan fingerprint density at radius 2 is 1.89 bits per heavy atom. The summed E-state index contributed by atoms with van der Waals surface area (Å²) in [6, 6.07) is 14.0. The average molecular weight is 447 g/mol. The van der Waals surface area contributed by atoms with Crippen molar-refractivity contribution in [2.24, 2.45) is 5.41 Å². The molecule has 0 unspecified atom stereocenters. The van der Waals surface area contributed by atoms with Gasteiger partial charge in [0, 0.05) is 69.1 Å². The Labute approximate surface area is 194 Å². The molecule has 1 radical (unpaired) electrons. The number of allylic oxidation sites excluding steroid dienone is 4. The number of nitrogens with zero attached hydrogens (tertiary/aromatic N) is 2. The SMILES string of the molecule is CN1/C(=C/C=C/C2=[N+](C)CCC2(C)C)C(C)(C)c2c1ccc1c[c-]ccc21.[Y]. The van der Waals surface area contributed by atoms with Crippen LogP contribution in [-0.2, 0) is 38.1 Å². The molecule has 0 spiro atoms. The Morgan fingerprint density at radius 3 is 2.57 bits per heavy atom. The fraction of sp³-hybridized carbons (Fsp3) is 0.400. The van der Waals surface area contributed by atoms with Crippen molar-refractivity contribution < 1.29 is 37.3 Å². The van der Waals surface area contributed by atoms with Crippen molar-refractivity contribution in [2.45, 2.75) is 39.5 Å². The summed E-state index contributed by atoms with van der Waals surface area (Å²) in [5.74, 6) is 0. The molecule has 0 fully saturated rings. The predicted molar refractivity (Wildman–Crippen MR) is 116 cm³/mol. The van der Waals surface area contributed by atoms with Crippen LogP contribution in [0.3, 0.4) is 0 Å². The second-order valence-corrected chi connectivity index (χ2v) is 9.14. The zero-order valence-corrected chi connectivity index (χ0v) is 20.8. The first-order valence-electron chi connectivity index (χ1n) is 9.88. The summed E-state index contributed by atoms with van der Waals surface area (Å²) in [7, 11) is 4.39. The van der Waals surface area contributed by atoms with Crippen LogP contribution in [-0.4, -0.2) is 30.9 Å². The summed E-state index contributed by atoms with van der Waals surface area (Å²) in [6.45, 7) is 10.5. The second-order valence-electron chi connectivity index (χ2n) is 9.14. The average Bonchev–Trinajstić information content (AvgIpc) is 3.00. The van der Waals surface area contributed by atoms with Gasteiger partial charge in [-0.1, -0.05) is 19.9 Å². The smallest absolute Gasteiger partial charge is 0.181 e. The van der Waals surface area contributed by atoms with Crippen molar-refractivity contribution in [3.63, 3.8) is 0 Å². The molecule has 143 valence electrons. The number of hydrogen-bond donors (Lipinski definition) is 0. The van der Waals surface area contributed by atoms with Gasteiger partial charge in [-0.05, 0) is 31.6 Å². The number of benzene rings is 2. The van der Waals surface area contributed by atoms with Gasteiger partial charge in [-0.25, -0.2) is 4.58 Å². The molecular formula is C25H30N2Y. The van der Waals surface area contributed by atoms with E-state index in [0.717, 1.165) is 6.54 Å². The van der Waals surface area contributed by atoms with Gasteiger partial charge in [0.2, 0.25) is 0 Å². The zero-order chi connectivity index (χ0) is 19.4. The monoisotopic (exact) mass is 447 g/mol. The molecule has 4 rings (SSSR count). The third-order valence-electron chi connectivity index (χ3n) is 6.52. The Hall–Kier alpha value is -1.25. The van der Waals surface area contributed by atoms with E-state index in [2.05, 4.69) is 99.8 Å². The van der Waals surface area contributed by atoms with E-state index in [4.69, 9.17) is 0 Å². The number of rotatable bonds is 2. The molecule has 0 aliphatic carbocycles. The van der Waals surface area contributed by atoms with Crippen LogP contribution in [0.4, 0.5) is 5.69 Å². The van der Waals surface area contributed by atoms with Crippen molar-refractivity contribution in [1.29, 1.82) is 0 Å². The molecule has 2 aliphatic heterocycles. The fourth-order valence-electron chi connectivity index (χ4n) is 4.93. The molecule has 0 saturated carbocycles. The molecule has 0 atom stereocenters. The molecule has 2 aromatic rings. The minimum atomic E-state index is -0.0307. The number of fused-ring (bicyclic) bond motifs is 3. The minimum Gasteiger partial charge on any atom is -0.347 e. The first kappa shape index (κ1) is 21.5. The van der Waals surface area contributed by atoms with Crippen LogP contribution in [0.5, 0.6) is 0 Å². The Kier molecular flexibility index (Phi) is 5.78. The molecule has 2 nitrogen and oxygen atoms in total. The fourth-order valence-corrected chi connectivity index (χ4v) is 4.93. The van der Waals surface area contributed by atoms with Gasteiger partial charge in [-0.3, -0.25) is 0 Å². The number of anilines is 1. The summed E-state index contributed by atoms with van der Waals surface area (Å²) >= 11 is 0. The molecule has 2 heterocycles. The van der Waals surface area contributed by atoms with Gasteiger partial charge >= 0.3 is 0 Å². The first-order chi connectivity index (χ1) is 12.7. The Bertz CT molecular complexity index is 1010. The standard InChI is InChI=1S/C25H30N2.Y/c1-24(2)16-17-26(5)21(24)12-9-13-22-25(3,4)23-19-11-8-7-10-18(19)14-15-20(23)27(22)6;/h8-15H,16-17H2,1-6H3;. The normalized spacial score (nSPS) is 21.6. The van der Waals surface area contributed by atoms with Gasteiger partial charge in [-0.2, -0.15) is 24.3 Å². The maximum absolute atomic E-state index is 3.21. The summed E-state index contributed by atoms with van der Waals surface area (Å²) in [4.78, 5) is 2.35. The molecule has 2 aromatic carbocycles.